The van der Waals surface area contributed by atoms with Crippen LogP contribution in [0.25, 0.3) is 6.08 Å². The monoisotopic (exact) mass is 192 g/mol. The number of carboxylic acids is 1. The van der Waals surface area contributed by atoms with E-state index in [-0.39, 0.29) is 0 Å². The number of hydrogen-bond acceptors (Lipinski definition) is 3. The lowest BCUT2D eigenvalue weighted by Gasteiger charge is -2.10. The van der Waals surface area contributed by atoms with E-state index in [0.717, 1.165) is 17.5 Å². The number of pyridine rings is 1. The van der Waals surface area contributed by atoms with Gasteiger partial charge in [0.25, 0.3) is 0 Å². The van der Waals surface area contributed by atoms with Crippen molar-refractivity contribution >= 4 is 17.9 Å². The normalized spacial score (nSPS) is 10.4. The van der Waals surface area contributed by atoms with Gasteiger partial charge in [-0.3, -0.25) is 0 Å². The Hall–Kier alpha value is -1.84. The average Bonchev–Trinajstić information content (AvgIpc) is 2.15. The fraction of sp³-hybridized carbons (Fsp3) is 0.200. The van der Waals surface area contributed by atoms with Crippen molar-refractivity contribution in [2.75, 3.05) is 19.0 Å². The van der Waals surface area contributed by atoms with Gasteiger partial charge in [0.1, 0.15) is 5.82 Å². The first-order valence-electron chi connectivity index (χ1n) is 4.14. The molecule has 0 aliphatic carbocycles. The molecule has 0 fully saturated rings. The lowest BCUT2D eigenvalue weighted by Crippen LogP contribution is -2.09. The second-order valence-electron chi connectivity index (χ2n) is 3.02. The third-order valence-corrected chi connectivity index (χ3v) is 1.65. The number of carbonyl (C=O) groups is 1. The first-order chi connectivity index (χ1) is 6.59. The fourth-order valence-corrected chi connectivity index (χ4v) is 0.928. The molecule has 4 nitrogen and oxygen atoms in total. The Bertz CT molecular complexity index is 342. The molecule has 4 heteroatoms. The molecule has 0 amide bonds. The molecule has 0 aliphatic rings. The lowest BCUT2D eigenvalue weighted by atomic mass is 10.2. The minimum Gasteiger partial charge on any atom is -0.478 e. The van der Waals surface area contributed by atoms with E-state index in [0.29, 0.717) is 0 Å². The average molecular weight is 192 g/mol. The highest BCUT2D eigenvalue weighted by molar-refractivity contribution is 5.85. The molecule has 0 aliphatic heterocycles. The first kappa shape index (κ1) is 10.2. The van der Waals surface area contributed by atoms with Crippen molar-refractivity contribution in [3.63, 3.8) is 0 Å². The van der Waals surface area contributed by atoms with Gasteiger partial charge < -0.3 is 10.0 Å². The van der Waals surface area contributed by atoms with Crippen LogP contribution in [-0.2, 0) is 4.79 Å². The summed E-state index contributed by atoms with van der Waals surface area (Å²) in [6, 6.07) is 3.66. The van der Waals surface area contributed by atoms with Gasteiger partial charge in [-0.2, -0.15) is 0 Å². The molecule has 0 saturated carbocycles. The number of aromatic nitrogens is 1. The number of aliphatic carboxylic acids is 1. The third-order valence-electron chi connectivity index (χ3n) is 1.65. The second kappa shape index (κ2) is 4.41. The van der Waals surface area contributed by atoms with E-state index in [1.54, 1.807) is 6.20 Å². The minimum absolute atomic E-state index is 0.776. The molecule has 0 aromatic carbocycles. The van der Waals surface area contributed by atoms with Gasteiger partial charge in [0, 0.05) is 26.4 Å². The van der Waals surface area contributed by atoms with Gasteiger partial charge in [0.2, 0.25) is 0 Å². The van der Waals surface area contributed by atoms with Crippen LogP contribution in [0.1, 0.15) is 5.56 Å². The van der Waals surface area contributed by atoms with Gasteiger partial charge in [-0.15, -0.1) is 0 Å². The Morgan fingerprint density at radius 1 is 1.50 bits per heavy atom. The zero-order valence-corrected chi connectivity index (χ0v) is 8.14. The predicted molar refractivity (Wildman–Crippen MR) is 55.2 cm³/mol. The van der Waals surface area contributed by atoms with E-state index in [1.165, 1.54) is 6.08 Å². The van der Waals surface area contributed by atoms with E-state index in [9.17, 15) is 4.79 Å². The second-order valence-corrected chi connectivity index (χ2v) is 3.02. The largest absolute Gasteiger partial charge is 0.478 e. The molecule has 1 aromatic heterocycles. The Balaban J connectivity index is 2.78. The molecule has 0 unspecified atom stereocenters. The summed E-state index contributed by atoms with van der Waals surface area (Å²) < 4.78 is 0. The Labute approximate surface area is 82.5 Å². The molecule has 74 valence electrons. The number of anilines is 1. The third kappa shape index (κ3) is 2.90. The molecule has 1 rings (SSSR count). The van der Waals surface area contributed by atoms with Crippen molar-refractivity contribution in [3.05, 3.63) is 30.0 Å². The predicted octanol–water partition coefficient (Wildman–Crippen LogP) is 1.25. The molecule has 0 atom stereocenters. The molecule has 1 N–H and O–H groups in total. The maximum atomic E-state index is 10.2. The van der Waals surface area contributed by atoms with Crippen molar-refractivity contribution in [2.45, 2.75) is 0 Å². The summed E-state index contributed by atoms with van der Waals surface area (Å²) in [5.41, 5.74) is 0.776. The summed E-state index contributed by atoms with van der Waals surface area (Å²) in [5.74, 6) is -0.112. The molecule has 1 heterocycles. The number of rotatable bonds is 3. The van der Waals surface area contributed by atoms with Crippen LogP contribution >= 0.6 is 0 Å². The summed E-state index contributed by atoms with van der Waals surface area (Å²) in [6.07, 6.45) is 4.23. The van der Waals surface area contributed by atoms with E-state index in [2.05, 4.69) is 4.98 Å². The molecular weight excluding hydrogens is 180 g/mol. The van der Waals surface area contributed by atoms with E-state index in [4.69, 9.17) is 5.11 Å². The smallest absolute Gasteiger partial charge is 0.328 e. The molecule has 0 saturated heterocycles. The number of nitrogens with zero attached hydrogens (tertiary/aromatic N) is 2. The van der Waals surface area contributed by atoms with Crippen LogP contribution in [0.3, 0.4) is 0 Å². The fourth-order valence-electron chi connectivity index (χ4n) is 0.928. The van der Waals surface area contributed by atoms with Gasteiger partial charge in [-0.05, 0) is 23.8 Å². The van der Waals surface area contributed by atoms with Gasteiger partial charge >= 0.3 is 5.97 Å². The van der Waals surface area contributed by atoms with E-state index in [1.807, 2.05) is 31.1 Å². The van der Waals surface area contributed by atoms with Gasteiger partial charge in [0.15, 0.2) is 0 Å². The van der Waals surface area contributed by atoms with Gasteiger partial charge in [0.05, 0.1) is 0 Å². The summed E-state index contributed by atoms with van der Waals surface area (Å²) in [6.45, 7) is 0. The lowest BCUT2D eigenvalue weighted by molar-refractivity contribution is -0.131. The van der Waals surface area contributed by atoms with Crippen molar-refractivity contribution in [1.29, 1.82) is 0 Å². The van der Waals surface area contributed by atoms with E-state index >= 15 is 0 Å². The van der Waals surface area contributed by atoms with Crippen molar-refractivity contribution in [1.82, 2.24) is 4.98 Å². The van der Waals surface area contributed by atoms with Crippen molar-refractivity contribution in [3.8, 4) is 0 Å². The first-order valence-corrected chi connectivity index (χ1v) is 4.14. The Morgan fingerprint density at radius 3 is 2.64 bits per heavy atom. The Kier molecular flexibility index (Phi) is 3.23. The van der Waals surface area contributed by atoms with Crippen LogP contribution in [0.4, 0.5) is 5.82 Å². The van der Waals surface area contributed by atoms with Crippen LogP contribution < -0.4 is 4.90 Å². The summed E-state index contributed by atoms with van der Waals surface area (Å²) in [5, 5.41) is 8.40. The molecule has 0 bridgehead atoms. The van der Waals surface area contributed by atoms with Crippen molar-refractivity contribution < 1.29 is 9.90 Å². The zero-order chi connectivity index (χ0) is 10.6. The van der Waals surface area contributed by atoms with Gasteiger partial charge in [-0.25, -0.2) is 9.78 Å². The van der Waals surface area contributed by atoms with Gasteiger partial charge in [-0.1, -0.05) is 0 Å². The van der Waals surface area contributed by atoms with Crippen molar-refractivity contribution in [2.24, 2.45) is 0 Å². The zero-order valence-electron chi connectivity index (χ0n) is 8.14. The van der Waals surface area contributed by atoms with E-state index < -0.39 is 5.97 Å². The van der Waals surface area contributed by atoms with Crippen LogP contribution in [0, 0.1) is 0 Å². The maximum absolute atomic E-state index is 10.2. The molecule has 0 spiro atoms. The molecule has 1 aromatic rings. The summed E-state index contributed by atoms with van der Waals surface area (Å²) in [4.78, 5) is 16.2. The minimum atomic E-state index is -0.957. The number of carboxylic acid groups (broad SMARTS) is 1. The van der Waals surface area contributed by atoms with Crippen LogP contribution in [0.2, 0.25) is 0 Å². The Morgan fingerprint density at radius 2 is 2.21 bits per heavy atom. The molecule has 14 heavy (non-hydrogen) atoms. The highest BCUT2D eigenvalue weighted by atomic mass is 16.4. The van der Waals surface area contributed by atoms with Crippen LogP contribution in [0.15, 0.2) is 24.4 Å². The quantitative estimate of drug-likeness (QED) is 0.732. The number of hydrogen-bond donors (Lipinski definition) is 1. The summed E-state index contributed by atoms with van der Waals surface area (Å²) >= 11 is 0. The standard InChI is InChI=1S/C10H12N2O2/c1-12(2)9-5-3-8(7-11-9)4-6-10(13)14/h3-7H,1-2H3,(H,13,14)/b6-4+. The summed E-state index contributed by atoms with van der Waals surface area (Å²) in [7, 11) is 3.80. The topological polar surface area (TPSA) is 53.4 Å². The van der Waals surface area contributed by atoms with Crippen LogP contribution in [-0.4, -0.2) is 30.2 Å². The SMILES string of the molecule is CN(C)c1ccc(/C=C/C(=O)O)cn1. The maximum Gasteiger partial charge on any atom is 0.328 e. The molecular formula is C10H12N2O2. The molecule has 0 radical (unpaired) electrons. The van der Waals surface area contributed by atoms with Crippen LogP contribution in [0.5, 0.6) is 0 Å². The highest BCUT2D eigenvalue weighted by Crippen LogP contribution is 2.08. The highest BCUT2D eigenvalue weighted by Gasteiger charge is 1.95.